The number of hydrazone groups is 1. The first-order valence-corrected chi connectivity index (χ1v) is 11.2. The van der Waals surface area contributed by atoms with Gasteiger partial charge in [0.1, 0.15) is 12.3 Å². The molecule has 0 unspecified atom stereocenters. The van der Waals surface area contributed by atoms with Crippen LogP contribution in [0.2, 0.25) is 0 Å². The topological polar surface area (TPSA) is 86.7 Å². The minimum Gasteiger partial charge on any atom is -0.443 e. The summed E-state index contributed by atoms with van der Waals surface area (Å²) in [5, 5.41) is 5.58. The van der Waals surface area contributed by atoms with E-state index >= 15 is 0 Å². The molecule has 1 aromatic rings. The third-order valence-electron chi connectivity index (χ3n) is 4.80. The lowest BCUT2D eigenvalue weighted by Crippen LogP contribution is -2.50. The summed E-state index contributed by atoms with van der Waals surface area (Å²) in [6.45, 7) is 6.40. The molecule has 0 aliphatic carbocycles. The summed E-state index contributed by atoms with van der Waals surface area (Å²) >= 11 is 0. The van der Waals surface area contributed by atoms with Gasteiger partial charge in [-0.1, -0.05) is 30.3 Å². The summed E-state index contributed by atoms with van der Waals surface area (Å²) in [5.74, 6) is -0.231. The van der Waals surface area contributed by atoms with Crippen LogP contribution in [0.1, 0.15) is 32.8 Å². The second-order valence-electron chi connectivity index (χ2n) is 6.66. The summed E-state index contributed by atoms with van der Waals surface area (Å²) in [7, 11) is -3.43. The second-order valence-corrected chi connectivity index (χ2v) is 8.81. The smallest absolute Gasteiger partial charge is 0.433 e. The Labute approximate surface area is 165 Å². The van der Waals surface area contributed by atoms with Gasteiger partial charge in [0.15, 0.2) is 6.23 Å². The number of ether oxygens (including phenoxy) is 2. The van der Waals surface area contributed by atoms with Crippen LogP contribution in [0.3, 0.4) is 0 Å². The molecule has 8 nitrogen and oxygen atoms in total. The SMILES string of the molecule is CCOP(=O)(OCC)[C@@H]1C(C)=NN(C(=O)OCc2ccccc2)[C@@H]2OCC[C@@H]21. The number of benzene rings is 1. The molecule has 0 N–H and O–H groups in total. The molecule has 2 aliphatic heterocycles. The Balaban J connectivity index is 1.80. The van der Waals surface area contributed by atoms with Crippen molar-refractivity contribution >= 4 is 19.4 Å². The van der Waals surface area contributed by atoms with Crippen molar-refractivity contribution in [2.45, 2.75) is 45.7 Å². The van der Waals surface area contributed by atoms with Crippen LogP contribution < -0.4 is 0 Å². The number of fused-ring (bicyclic) bond motifs is 1. The molecule has 1 saturated heterocycles. The van der Waals surface area contributed by atoms with Crippen molar-refractivity contribution in [3.05, 3.63) is 35.9 Å². The molecule has 0 radical (unpaired) electrons. The fourth-order valence-corrected chi connectivity index (χ4v) is 6.09. The highest BCUT2D eigenvalue weighted by atomic mass is 31.2. The summed E-state index contributed by atoms with van der Waals surface area (Å²) in [6, 6.07) is 9.42. The molecule has 0 spiro atoms. The van der Waals surface area contributed by atoms with Crippen molar-refractivity contribution < 1.29 is 27.9 Å². The van der Waals surface area contributed by atoms with E-state index in [0.717, 1.165) is 5.56 Å². The van der Waals surface area contributed by atoms with Crippen LogP contribution in [0.4, 0.5) is 4.79 Å². The zero-order chi connectivity index (χ0) is 20.1. The summed E-state index contributed by atoms with van der Waals surface area (Å²) in [6.07, 6.45) is -0.609. The van der Waals surface area contributed by atoms with Gasteiger partial charge in [-0.05, 0) is 32.8 Å². The first-order valence-electron chi connectivity index (χ1n) is 9.55. The molecule has 3 atom stereocenters. The molecule has 2 heterocycles. The van der Waals surface area contributed by atoms with Gasteiger partial charge < -0.3 is 18.5 Å². The summed E-state index contributed by atoms with van der Waals surface area (Å²) < 4.78 is 35.7. The van der Waals surface area contributed by atoms with Crippen molar-refractivity contribution in [2.24, 2.45) is 11.0 Å². The normalized spacial score (nSPS) is 24.6. The minimum absolute atomic E-state index is 0.141. The molecule has 154 valence electrons. The molecule has 3 rings (SSSR count). The number of hydrogen-bond donors (Lipinski definition) is 0. The largest absolute Gasteiger partial charge is 0.443 e. The van der Waals surface area contributed by atoms with E-state index in [9.17, 15) is 9.36 Å². The number of rotatable bonds is 7. The van der Waals surface area contributed by atoms with Crippen LogP contribution >= 0.6 is 7.60 Å². The van der Waals surface area contributed by atoms with Gasteiger partial charge in [0, 0.05) is 12.5 Å². The Morgan fingerprint density at radius 2 is 1.93 bits per heavy atom. The maximum absolute atomic E-state index is 13.4. The van der Waals surface area contributed by atoms with Crippen molar-refractivity contribution in [3.63, 3.8) is 0 Å². The number of carbonyl (C=O) groups is 1. The van der Waals surface area contributed by atoms with E-state index in [-0.39, 0.29) is 25.7 Å². The second kappa shape index (κ2) is 9.18. The quantitative estimate of drug-likeness (QED) is 0.631. The molecule has 0 bridgehead atoms. The zero-order valence-corrected chi connectivity index (χ0v) is 17.3. The van der Waals surface area contributed by atoms with Crippen molar-refractivity contribution in [3.8, 4) is 0 Å². The Morgan fingerprint density at radius 1 is 1.25 bits per heavy atom. The molecule has 28 heavy (non-hydrogen) atoms. The van der Waals surface area contributed by atoms with Gasteiger partial charge in [-0.2, -0.15) is 10.1 Å². The zero-order valence-electron chi connectivity index (χ0n) is 16.4. The van der Waals surface area contributed by atoms with E-state index in [1.54, 1.807) is 20.8 Å². The fourth-order valence-electron chi connectivity index (χ4n) is 3.70. The van der Waals surface area contributed by atoms with E-state index in [4.69, 9.17) is 18.5 Å². The minimum atomic E-state index is -3.43. The summed E-state index contributed by atoms with van der Waals surface area (Å²) in [5.41, 5.74) is 0.860. The Hall–Kier alpha value is -1.73. The van der Waals surface area contributed by atoms with Crippen molar-refractivity contribution in [1.29, 1.82) is 0 Å². The number of hydrogen-bond acceptors (Lipinski definition) is 7. The number of carbonyl (C=O) groups excluding carboxylic acids is 1. The van der Waals surface area contributed by atoms with Gasteiger partial charge in [0.2, 0.25) is 0 Å². The van der Waals surface area contributed by atoms with Crippen LogP contribution in [0.5, 0.6) is 0 Å². The van der Waals surface area contributed by atoms with E-state index < -0.39 is 25.6 Å². The van der Waals surface area contributed by atoms with Gasteiger partial charge in [0.25, 0.3) is 0 Å². The van der Waals surface area contributed by atoms with Gasteiger partial charge in [-0.15, -0.1) is 0 Å². The lowest BCUT2D eigenvalue weighted by Gasteiger charge is -2.39. The molecule has 0 saturated carbocycles. The van der Waals surface area contributed by atoms with Crippen molar-refractivity contribution in [1.82, 2.24) is 5.01 Å². The van der Waals surface area contributed by atoms with E-state index in [1.165, 1.54) is 5.01 Å². The van der Waals surface area contributed by atoms with Crippen molar-refractivity contribution in [2.75, 3.05) is 19.8 Å². The molecule has 0 aromatic heterocycles. The highest BCUT2D eigenvalue weighted by Crippen LogP contribution is 2.59. The molecular formula is C19H27N2O6P. The highest BCUT2D eigenvalue weighted by molar-refractivity contribution is 7.55. The van der Waals surface area contributed by atoms with Gasteiger partial charge in [-0.25, -0.2) is 4.79 Å². The molecule has 1 aromatic carbocycles. The van der Waals surface area contributed by atoms with Crippen LogP contribution in [-0.4, -0.2) is 48.5 Å². The lowest BCUT2D eigenvalue weighted by molar-refractivity contribution is -0.0425. The molecule has 9 heteroatoms. The molecule has 1 fully saturated rings. The molecular weight excluding hydrogens is 383 g/mol. The van der Waals surface area contributed by atoms with E-state index in [1.807, 2.05) is 30.3 Å². The van der Waals surface area contributed by atoms with Gasteiger partial charge in [-0.3, -0.25) is 4.57 Å². The first kappa shape index (κ1) is 21.0. The van der Waals surface area contributed by atoms with E-state index in [2.05, 4.69) is 5.10 Å². The predicted molar refractivity (Wildman–Crippen MR) is 104 cm³/mol. The monoisotopic (exact) mass is 410 g/mol. The Morgan fingerprint density at radius 3 is 2.57 bits per heavy atom. The first-order chi connectivity index (χ1) is 13.5. The average Bonchev–Trinajstić information content (AvgIpc) is 3.15. The fraction of sp³-hybridized carbons (Fsp3) is 0.579. The van der Waals surface area contributed by atoms with Crippen LogP contribution in [0, 0.1) is 5.92 Å². The third-order valence-corrected chi connectivity index (χ3v) is 7.47. The number of amides is 1. The highest BCUT2D eigenvalue weighted by Gasteiger charge is 2.54. The van der Waals surface area contributed by atoms with Crippen LogP contribution in [0.15, 0.2) is 35.4 Å². The predicted octanol–water partition coefficient (Wildman–Crippen LogP) is 4.01. The standard InChI is InChI=1S/C19H27N2O6P/c1-4-26-28(23,27-5-2)17-14(3)20-21(18-16(17)11-12-24-18)19(22)25-13-15-9-7-6-8-10-15/h6-10,16-18H,4-5,11-13H2,1-3H3/t16-,17-,18-/m1/s1. The maximum atomic E-state index is 13.4. The lowest BCUT2D eigenvalue weighted by atomic mass is 9.97. The Bertz CT molecular complexity index is 746. The Kier molecular flexibility index (Phi) is 6.88. The molecule has 1 amide bonds. The number of nitrogens with zero attached hydrogens (tertiary/aromatic N) is 2. The third kappa shape index (κ3) is 4.30. The van der Waals surface area contributed by atoms with E-state index in [0.29, 0.717) is 18.7 Å². The van der Waals surface area contributed by atoms with Gasteiger partial charge >= 0.3 is 13.7 Å². The molecule has 2 aliphatic rings. The maximum Gasteiger partial charge on any atom is 0.433 e. The average molecular weight is 410 g/mol. The summed E-state index contributed by atoms with van der Waals surface area (Å²) in [4.78, 5) is 12.7. The van der Waals surface area contributed by atoms with Crippen LogP contribution in [0.25, 0.3) is 0 Å². The van der Waals surface area contributed by atoms with Gasteiger partial charge in [0.05, 0.1) is 18.9 Å². The van der Waals surface area contributed by atoms with Crippen LogP contribution in [-0.2, 0) is 29.7 Å².